The first-order valence-electron chi connectivity index (χ1n) is 41.5. The van der Waals surface area contributed by atoms with E-state index in [1.807, 2.05) is 0 Å². The number of nitrogens with zero attached hydrogens (tertiary/aromatic N) is 8. The second-order valence-corrected chi connectivity index (χ2v) is 32.7. The number of aryl methyl sites for hydroxylation is 4. The minimum absolute atomic E-state index is 0.140. The van der Waals surface area contributed by atoms with Gasteiger partial charge < -0.3 is 29.4 Å². The monoisotopic (exact) mass is 1400 g/mol. The molecule has 0 bridgehead atoms. The van der Waals surface area contributed by atoms with E-state index in [-0.39, 0.29) is 54.4 Å². The van der Waals surface area contributed by atoms with Crippen LogP contribution in [-0.2, 0) is 25.7 Å². The lowest BCUT2D eigenvalue weighted by Crippen LogP contribution is -2.87. The topological polar surface area (TPSA) is 25.9 Å². The summed E-state index contributed by atoms with van der Waals surface area (Å²) in [6.07, 6.45) is 20.4. The van der Waals surface area contributed by atoms with Gasteiger partial charge in [0.2, 0.25) is 0 Å². The Balaban J connectivity index is 0.868. The highest BCUT2D eigenvalue weighted by Crippen LogP contribution is 2.60. The fourth-order valence-electron chi connectivity index (χ4n) is 24.0. The summed E-state index contributed by atoms with van der Waals surface area (Å²) >= 11 is 0. The lowest BCUT2D eigenvalue weighted by atomic mass is 9.63. The van der Waals surface area contributed by atoms with Gasteiger partial charge in [0.25, 0.3) is 0 Å². The minimum Gasteiger partial charge on any atom is -0.362 e. The Kier molecular flexibility index (Phi) is 18.4. The van der Waals surface area contributed by atoms with Gasteiger partial charge in [-0.05, 0) is 184 Å². The van der Waals surface area contributed by atoms with Crippen LogP contribution in [0.3, 0.4) is 0 Å². The smallest absolute Gasteiger partial charge is 0.0531 e. The number of para-hydroxylation sites is 8. The Morgan fingerprint density at radius 3 is 0.887 bits per heavy atom. The first-order chi connectivity index (χ1) is 52.5. The van der Waals surface area contributed by atoms with Crippen LogP contribution in [0.1, 0.15) is 140 Å². The number of hydrogen-bond donors (Lipinski definition) is 0. The first-order valence-corrected chi connectivity index (χ1v) is 41.5. The predicted molar refractivity (Wildman–Crippen MR) is 443 cm³/mol. The molecule has 106 heavy (non-hydrogen) atoms. The van der Waals surface area contributed by atoms with Crippen LogP contribution in [-0.4, -0.2) is 106 Å². The maximum atomic E-state index is 3.43. The third kappa shape index (κ3) is 11.4. The molecule has 4 heterocycles. The van der Waals surface area contributed by atoms with Gasteiger partial charge in [-0.2, -0.15) is 0 Å². The zero-order chi connectivity index (χ0) is 70.9. The van der Waals surface area contributed by atoms with Crippen LogP contribution in [0.5, 0.6) is 0 Å². The van der Waals surface area contributed by atoms with Crippen LogP contribution >= 0.6 is 0 Å². The van der Waals surface area contributed by atoms with Gasteiger partial charge in [-0.3, -0.25) is 9.80 Å². The van der Waals surface area contributed by atoms with Crippen molar-refractivity contribution in [2.75, 3.05) is 29.4 Å². The molecule has 8 nitrogen and oxygen atoms in total. The zero-order valence-corrected chi connectivity index (χ0v) is 62.9. The standard InChI is InChI=1S/C98H108N8/c1-5-67-37-24-28-53-80(67)102(81-54-29-25-38-68(81)6-2)76-61-92-97-94(63-76)101(75-49-22-13-23-50-75)88-65-91-90(66-89(88)104(97)86-59-34-32-57-84(86)99(92)73-45-18-11-19-46-73)105-87-60-35-33-58-85(87)100(74-47-20-12-21-48-74)93-62-77(103(82-55-30-26-39-69(82)7-3)83-56-31-27-40-70(83)8-4)64-95(98(93)105)106(91)96-78(71-41-14-9-15-42-71)51-36-52-79(96)72-43-16-10-17-44-72/h9-31,36-56,76-77,84-95,97-98H,5-8,32-35,57-66H2,1-4H3. The largest absolute Gasteiger partial charge is 0.362 e. The molecule has 0 spiro atoms. The van der Waals surface area contributed by atoms with Gasteiger partial charge in [-0.15, -0.1) is 0 Å². The van der Waals surface area contributed by atoms with E-state index in [2.05, 4.69) is 334 Å². The quantitative estimate of drug-likeness (QED) is 0.0944. The van der Waals surface area contributed by atoms with Gasteiger partial charge in [0.05, 0.1) is 17.8 Å². The van der Waals surface area contributed by atoms with E-state index >= 15 is 0 Å². The highest BCUT2D eigenvalue weighted by atomic mass is 15.5. The van der Waals surface area contributed by atoms with E-state index in [0.29, 0.717) is 42.3 Å². The van der Waals surface area contributed by atoms with E-state index in [4.69, 9.17) is 0 Å². The number of benzene rings is 10. The van der Waals surface area contributed by atoms with Gasteiger partial charge >= 0.3 is 0 Å². The summed E-state index contributed by atoms with van der Waals surface area (Å²) in [6, 6.07) is 109. The Bertz CT molecular complexity index is 4510. The molecule has 540 valence electrons. The van der Waals surface area contributed by atoms with Crippen molar-refractivity contribution in [3.63, 3.8) is 0 Å². The van der Waals surface area contributed by atoms with Crippen molar-refractivity contribution in [3.05, 3.63) is 289 Å². The van der Waals surface area contributed by atoms with Gasteiger partial charge in [0.1, 0.15) is 0 Å². The van der Waals surface area contributed by atoms with Crippen molar-refractivity contribution < 1.29 is 0 Å². The molecule has 5 saturated carbocycles. The summed E-state index contributed by atoms with van der Waals surface area (Å²) in [5.41, 5.74) is 22.2. The molecule has 8 heteroatoms. The van der Waals surface area contributed by atoms with E-state index in [9.17, 15) is 0 Å². The molecule has 4 saturated heterocycles. The molecule has 10 aromatic carbocycles. The zero-order valence-electron chi connectivity index (χ0n) is 62.9. The summed E-state index contributed by atoms with van der Waals surface area (Å²) in [5.74, 6) is 0. The fourth-order valence-corrected chi connectivity index (χ4v) is 24.0. The molecule has 0 N–H and O–H groups in total. The number of piperazine rings is 4. The van der Waals surface area contributed by atoms with Crippen molar-refractivity contribution in [1.29, 1.82) is 0 Å². The summed E-state index contributed by atoms with van der Waals surface area (Å²) < 4.78 is 0. The second-order valence-electron chi connectivity index (χ2n) is 32.7. The molecule has 0 radical (unpaired) electrons. The lowest BCUT2D eigenvalue weighted by molar-refractivity contribution is -0.118. The molecular weight excluding hydrogens is 1290 g/mol. The summed E-state index contributed by atoms with van der Waals surface area (Å²) in [4.78, 5) is 25.4. The summed E-state index contributed by atoms with van der Waals surface area (Å²) in [5, 5.41) is 0. The Labute approximate surface area is 632 Å². The number of rotatable bonds is 16. The van der Waals surface area contributed by atoms with Crippen molar-refractivity contribution >= 4 is 45.5 Å². The molecule has 9 fully saturated rings. The SMILES string of the molecule is CCc1ccccc1N(c1ccccc1CC)C1CC2C3C(C1)N(c1ccccc1)C1CC4C(CC1N3C1CCCCC1N2c1ccccc1)N1C2CCCCC2N(c2ccccc2)C2CC(N(c3ccccc3CC)c3ccccc3CC)CC(C21)N4c1c(-c2ccccc2)cccc1-c1ccccc1. The van der Waals surface area contributed by atoms with E-state index in [1.54, 1.807) is 0 Å². The van der Waals surface area contributed by atoms with Crippen LogP contribution in [0.2, 0.25) is 0 Å². The fraction of sp³-hybridized carbons (Fsp3) is 0.388. The van der Waals surface area contributed by atoms with E-state index in [1.165, 1.54) is 141 Å². The molecule has 0 amide bonds. The highest BCUT2D eigenvalue weighted by Gasteiger charge is 2.68. The highest BCUT2D eigenvalue weighted by molar-refractivity contribution is 5.92. The molecule has 16 atom stereocenters. The summed E-state index contributed by atoms with van der Waals surface area (Å²) in [7, 11) is 0. The van der Waals surface area contributed by atoms with Crippen LogP contribution in [0.4, 0.5) is 45.5 Å². The van der Waals surface area contributed by atoms with Crippen molar-refractivity contribution in [2.24, 2.45) is 0 Å². The average molecular weight is 1400 g/mol. The molecule has 4 aliphatic heterocycles. The molecule has 10 aromatic rings. The molecular formula is C98H108N8. The normalized spacial score (nSPS) is 28.8. The van der Waals surface area contributed by atoms with Crippen molar-refractivity contribution in [2.45, 2.75) is 240 Å². The van der Waals surface area contributed by atoms with Crippen LogP contribution < -0.4 is 29.4 Å². The van der Waals surface area contributed by atoms with Crippen molar-refractivity contribution in [1.82, 2.24) is 9.80 Å². The second kappa shape index (κ2) is 28.9. The molecule has 0 aromatic heterocycles. The maximum absolute atomic E-state index is 3.43. The lowest BCUT2D eigenvalue weighted by Gasteiger charge is -2.74. The van der Waals surface area contributed by atoms with Crippen LogP contribution in [0.15, 0.2) is 267 Å². The average Bonchev–Trinajstić information content (AvgIpc) is 0.682. The molecule has 9 aliphatic rings. The third-order valence-corrected chi connectivity index (χ3v) is 27.8. The third-order valence-electron chi connectivity index (χ3n) is 27.8. The van der Waals surface area contributed by atoms with E-state index in [0.717, 1.165) is 64.2 Å². The predicted octanol–water partition coefficient (Wildman–Crippen LogP) is 21.4. The maximum Gasteiger partial charge on any atom is 0.0531 e. The number of anilines is 8. The minimum atomic E-state index is 0.140. The first kappa shape index (κ1) is 67.5. The number of hydrogen-bond acceptors (Lipinski definition) is 8. The summed E-state index contributed by atoms with van der Waals surface area (Å²) in [6.45, 7) is 9.52. The molecule has 5 aliphatic carbocycles. The van der Waals surface area contributed by atoms with Crippen LogP contribution in [0, 0.1) is 0 Å². The van der Waals surface area contributed by atoms with Gasteiger partial charge in [-0.25, -0.2) is 0 Å². The Hall–Kier alpha value is -9.08. The molecule has 16 unspecified atom stereocenters. The van der Waals surface area contributed by atoms with Gasteiger partial charge in [0.15, 0.2) is 0 Å². The van der Waals surface area contributed by atoms with Crippen LogP contribution in [0.25, 0.3) is 22.3 Å². The Morgan fingerprint density at radius 2 is 0.538 bits per heavy atom. The molecule has 19 rings (SSSR count). The Morgan fingerprint density at radius 1 is 0.255 bits per heavy atom. The van der Waals surface area contributed by atoms with Gasteiger partial charge in [-0.1, -0.05) is 260 Å². The van der Waals surface area contributed by atoms with E-state index < -0.39 is 0 Å². The number of fused-ring (bicyclic) bond motifs is 8. The van der Waals surface area contributed by atoms with Crippen molar-refractivity contribution in [3.8, 4) is 22.3 Å². The van der Waals surface area contributed by atoms with Gasteiger partial charge in [0, 0.05) is 136 Å².